The lowest BCUT2D eigenvalue weighted by Gasteiger charge is -2.06. The van der Waals surface area contributed by atoms with Crippen LogP contribution in [0.5, 0.6) is 0 Å². The first-order valence-corrected chi connectivity index (χ1v) is 6.92. The molecule has 1 aliphatic heterocycles. The van der Waals surface area contributed by atoms with Gasteiger partial charge in [0.1, 0.15) is 5.76 Å². The summed E-state index contributed by atoms with van der Waals surface area (Å²) in [6, 6.07) is 4.06. The van der Waals surface area contributed by atoms with Gasteiger partial charge in [0.05, 0.1) is 0 Å². The van der Waals surface area contributed by atoms with E-state index < -0.39 is 0 Å². The van der Waals surface area contributed by atoms with Crippen LogP contribution >= 0.6 is 22.7 Å². The Morgan fingerprint density at radius 2 is 1.65 bits per heavy atom. The quantitative estimate of drug-likeness (QED) is 0.770. The minimum atomic E-state index is -0.303. The molecule has 0 saturated heterocycles. The van der Waals surface area contributed by atoms with Crippen molar-refractivity contribution >= 4 is 34.2 Å². The number of carbonyl (C=O) groups excluding carboxylic acids is 1. The number of cyclic esters (lactones) is 1. The van der Waals surface area contributed by atoms with E-state index in [9.17, 15) is 4.79 Å². The normalized spacial score (nSPS) is 14.1. The summed E-state index contributed by atoms with van der Waals surface area (Å²) < 4.78 is 5.21. The lowest BCUT2D eigenvalue weighted by Crippen LogP contribution is -1.95. The smallest absolute Gasteiger partial charge is 0.336 e. The standard InChI is InChI=1S/C13H8O2S2/c14-12-2-1-11(15-12)13(9-3-5-16-7-9)10-4-6-17-8-10/h1-8H. The fraction of sp³-hybridized carbons (Fsp3) is 0. The first kappa shape index (κ1) is 10.5. The van der Waals surface area contributed by atoms with Crippen molar-refractivity contribution in [2.24, 2.45) is 0 Å². The van der Waals surface area contributed by atoms with Crippen molar-refractivity contribution in [3.05, 3.63) is 62.7 Å². The minimum absolute atomic E-state index is 0.303. The largest absolute Gasteiger partial charge is 0.423 e. The fourth-order valence-electron chi connectivity index (χ4n) is 1.72. The van der Waals surface area contributed by atoms with Gasteiger partial charge in [0.25, 0.3) is 0 Å². The second kappa shape index (κ2) is 4.31. The van der Waals surface area contributed by atoms with Crippen molar-refractivity contribution in [3.8, 4) is 0 Å². The molecule has 2 aromatic rings. The van der Waals surface area contributed by atoms with Gasteiger partial charge in [-0.15, -0.1) is 0 Å². The van der Waals surface area contributed by atoms with Gasteiger partial charge in [-0.05, 0) is 50.9 Å². The summed E-state index contributed by atoms with van der Waals surface area (Å²) in [6.45, 7) is 0. The van der Waals surface area contributed by atoms with Gasteiger partial charge in [-0.3, -0.25) is 0 Å². The van der Waals surface area contributed by atoms with E-state index in [1.165, 1.54) is 6.08 Å². The molecule has 3 heterocycles. The molecule has 0 unspecified atom stereocenters. The van der Waals surface area contributed by atoms with Crippen LogP contribution in [0.1, 0.15) is 11.1 Å². The van der Waals surface area contributed by atoms with Crippen LogP contribution in [-0.4, -0.2) is 5.97 Å². The molecule has 2 nitrogen and oxygen atoms in total. The molecule has 0 bridgehead atoms. The Morgan fingerprint density at radius 1 is 1.00 bits per heavy atom. The highest BCUT2D eigenvalue weighted by molar-refractivity contribution is 7.08. The molecule has 0 atom stereocenters. The van der Waals surface area contributed by atoms with Crippen molar-refractivity contribution < 1.29 is 9.53 Å². The van der Waals surface area contributed by atoms with Crippen LogP contribution < -0.4 is 0 Å². The molecular weight excluding hydrogens is 252 g/mol. The Morgan fingerprint density at radius 3 is 2.06 bits per heavy atom. The fourth-order valence-corrected chi connectivity index (χ4v) is 3.01. The van der Waals surface area contributed by atoms with E-state index in [0.717, 1.165) is 16.7 Å². The molecule has 3 rings (SSSR count). The molecule has 0 radical (unpaired) electrons. The minimum Gasteiger partial charge on any atom is -0.423 e. The number of thiophene rings is 2. The zero-order chi connectivity index (χ0) is 11.7. The summed E-state index contributed by atoms with van der Waals surface area (Å²) in [5.41, 5.74) is 3.15. The number of ether oxygens (including phenoxy) is 1. The molecule has 0 spiro atoms. The first-order valence-electron chi connectivity index (χ1n) is 5.04. The van der Waals surface area contributed by atoms with Gasteiger partial charge < -0.3 is 4.74 Å². The highest BCUT2D eigenvalue weighted by Gasteiger charge is 2.18. The Balaban J connectivity index is 2.16. The number of carbonyl (C=O) groups is 1. The molecule has 2 aromatic heterocycles. The molecular formula is C13H8O2S2. The van der Waals surface area contributed by atoms with Gasteiger partial charge in [-0.2, -0.15) is 22.7 Å². The molecule has 0 aliphatic carbocycles. The van der Waals surface area contributed by atoms with Crippen LogP contribution in [0.15, 0.2) is 51.6 Å². The zero-order valence-electron chi connectivity index (χ0n) is 8.75. The van der Waals surface area contributed by atoms with Gasteiger partial charge in [0.2, 0.25) is 0 Å². The van der Waals surface area contributed by atoms with Crippen LogP contribution in [0.4, 0.5) is 0 Å². The van der Waals surface area contributed by atoms with Crippen LogP contribution in [0.2, 0.25) is 0 Å². The van der Waals surface area contributed by atoms with Crippen molar-refractivity contribution in [1.29, 1.82) is 0 Å². The molecule has 0 fully saturated rings. The second-order valence-electron chi connectivity index (χ2n) is 3.52. The summed E-state index contributed by atoms with van der Waals surface area (Å²) in [6.07, 6.45) is 3.18. The molecule has 17 heavy (non-hydrogen) atoms. The highest BCUT2D eigenvalue weighted by Crippen LogP contribution is 2.32. The summed E-state index contributed by atoms with van der Waals surface area (Å²) in [5.74, 6) is 0.328. The maximum absolute atomic E-state index is 11.2. The van der Waals surface area contributed by atoms with Crippen LogP contribution in [-0.2, 0) is 9.53 Å². The summed E-state index contributed by atoms with van der Waals surface area (Å²) in [4.78, 5) is 11.2. The van der Waals surface area contributed by atoms with Crippen molar-refractivity contribution in [1.82, 2.24) is 0 Å². The Bertz CT molecular complexity index is 553. The van der Waals surface area contributed by atoms with Gasteiger partial charge in [-0.25, -0.2) is 4.79 Å². The maximum atomic E-state index is 11.2. The van der Waals surface area contributed by atoms with Crippen molar-refractivity contribution in [3.63, 3.8) is 0 Å². The van der Waals surface area contributed by atoms with E-state index in [-0.39, 0.29) is 5.97 Å². The van der Waals surface area contributed by atoms with Gasteiger partial charge in [0.15, 0.2) is 0 Å². The molecule has 4 heteroatoms. The van der Waals surface area contributed by atoms with Crippen molar-refractivity contribution in [2.75, 3.05) is 0 Å². The lowest BCUT2D eigenvalue weighted by molar-refractivity contribution is -0.132. The van der Waals surface area contributed by atoms with Crippen LogP contribution in [0.25, 0.3) is 5.57 Å². The molecule has 0 N–H and O–H groups in total. The van der Waals surface area contributed by atoms with E-state index >= 15 is 0 Å². The number of rotatable bonds is 2. The average Bonchev–Trinajstić information content (AvgIpc) is 3.02. The molecule has 1 aliphatic rings. The van der Waals surface area contributed by atoms with Gasteiger partial charge in [-0.1, -0.05) is 0 Å². The Hall–Kier alpha value is -1.65. The summed E-state index contributed by atoms with van der Waals surface area (Å²) in [7, 11) is 0. The Labute approximate surface area is 106 Å². The number of hydrogen-bond donors (Lipinski definition) is 0. The molecule has 84 valence electrons. The van der Waals surface area contributed by atoms with E-state index in [1.807, 2.05) is 22.9 Å². The Kier molecular flexibility index (Phi) is 2.66. The third kappa shape index (κ3) is 1.97. The average molecular weight is 260 g/mol. The highest BCUT2D eigenvalue weighted by atomic mass is 32.1. The van der Waals surface area contributed by atoms with Gasteiger partial charge in [0, 0.05) is 11.6 Å². The third-order valence-electron chi connectivity index (χ3n) is 2.45. The van der Waals surface area contributed by atoms with Crippen LogP contribution in [0.3, 0.4) is 0 Å². The molecule has 0 saturated carbocycles. The van der Waals surface area contributed by atoms with E-state index in [0.29, 0.717) is 5.76 Å². The predicted molar refractivity (Wildman–Crippen MR) is 69.9 cm³/mol. The van der Waals surface area contributed by atoms with E-state index in [1.54, 1.807) is 28.7 Å². The van der Waals surface area contributed by atoms with Crippen molar-refractivity contribution in [2.45, 2.75) is 0 Å². The maximum Gasteiger partial charge on any atom is 0.336 e. The summed E-state index contributed by atoms with van der Waals surface area (Å²) >= 11 is 3.26. The van der Waals surface area contributed by atoms with E-state index in [2.05, 4.69) is 10.8 Å². The first-order chi connectivity index (χ1) is 8.34. The third-order valence-corrected chi connectivity index (χ3v) is 3.81. The van der Waals surface area contributed by atoms with E-state index in [4.69, 9.17) is 4.74 Å². The molecule has 0 aromatic carbocycles. The SMILES string of the molecule is O=C1C=CC(=C(c2ccsc2)c2ccsc2)O1. The number of esters is 1. The zero-order valence-corrected chi connectivity index (χ0v) is 10.4. The van der Waals surface area contributed by atoms with Crippen LogP contribution in [0, 0.1) is 0 Å². The molecule has 0 amide bonds. The number of hydrogen-bond acceptors (Lipinski definition) is 4. The predicted octanol–water partition coefficient (Wildman–Crippen LogP) is 3.68. The summed E-state index contributed by atoms with van der Waals surface area (Å²) in [5, 5.41) is 8.14. The monoisotopic (exact) mass is 260 g/mol. The van der Waals surface area contributed by atoms with Gasteiger partial charge >= 0.3 is 5.97 Å². The lowest BCUT2D eigenvalue weighted by atomic mass is 10.0. The second-order valence-corrected chi connectivity index (χ2v) is 5.08. The number of allylic oxidation sites excluding steroid dienone is 1. The topological polar surface area (TPSA) is 26.3 Å².